The molecule has 0 atom stereocenters. The number of benzene rings is 3. The molecule has 0 saturated heterocycles. The monoisotopic (exact) mass is 577 g/mol. The molecule has 3 rings (SSSR count). The molecule has 172 valence electrons. The van der Waals surface area contributed by atoms with Crippen molar-refractivity contribution in [1.29, 1.82) is 0 Å². The van der Waals surface area contributed by atoms with Crippen LogP contribution in [0.1, 0.15) is 18.1 Å². The topological polar surface area (TPSA) is 88.1 Å². The van der Waals surface area contributed by atoms with Crippen LogP contribution in [0.3, 0.4) is 0 Å². The summed E-state index contributed by atoms with van der Waals surface area (Å²) in [5.74, 6) is 0.0139. The average Bonchev–Trinajstić information content (AvgIpc) is 2.81. The van der Waals surface area contributed by atoms with Gasteiger partial charge in [0, 0.05) is 3.57 Å². The minimum atomic E-state index is -4.00. The maximum atomic E-state index is 13.4. The van der Waals surface area contributed by atoms with E-state index in [1.807, 2.05) is 31.2 Å². The van der Waals surface area contributed by atoms with Crippen LogP contribution in [0.4, 0.5) is 5.69 Å². The van der Waals surface area contributed by atoms with Crippen LogP contribution in [0, 0.1) is 10.5 Å². The third-order valence-electron chi connectivity index (χ3n) is 4.87. The van der Waals surface area contributed by atoms with Crippen molar-refractivity contribution in [3.05, 3.63) is 87.5 Å². The number of aryl methyl sites for hydroxylation is 1. The fourth-order valence-corrected chi connectivity index (χ4v) is 4.75. The zero-order valence-electron chi connectivity index (χ0n) is 18.4. The van der Waals surface area contributed by atoms with Gasteiger partial charge in [0.15, 0.2) is 0 Å². The molecule has 33 heavy (non-hydrogen) atoms. The van der Waals surface area contributed by atoms with Gasteiger partial charge in [0.05, 0.1) is 23.4 Å². The number of carbonyl (C=O) groups is 1. The second kappa shape index (κ2) is 10.8. The van der Waals surface area contributed by atoms with Crippen LogP contribution < -0.4 is 14.5 Å². The smallest absolute Gasteiger partial charge is 0.264 e. The van der Waals surface area contributed by atoms with Crippen molar-refractivity contribution in [3.8, 4) is 5.75 Å². The Bertz CT molecular complexity index is 1240. The van der Waals surface area contributed by atoms with E-state index in [0.29, 0.717) is 17.1 Å². The standard InChI is InChI=1S/C24H24IN3O4S/c1-17-4-14-23(15-5-17)33(30,31)28(21-10-12-22(32-3)13-11-21)16-24(29)27-26-18(2)19-6-8-20(25)9-7-19/h4-15H,16H2,1-3H3,(H,27,29)/b26-18-. The summed E-state index contributed by atoms with van der Waals surface area (Å²) in [6.07, 6.45) is 0. The Morgan fingerprint density at radius 1 is 1.00 bits per heavy atom. The molecule has 9 heteroatoms. The second-order valence-corrected chi connectivity index (χ2v) is 10.4. The van der Waals surface area contributed by atoms with Crippen LogP contribution in [0.25, 0.3) is 0 Å². The molecule has 0 spiro atoms. The number of amides is 1. The summed E-state index contributed by atoms with van der Waals surface area (Å²) in [6.45, 7) is 3.21. The molecule has 0 aliphatic rings. The van der Waals surface area contributed by atoms with Gasteiger partial charge in [0.25, 0.3) is 15.9 Å². The number of sulfonamides is 1. The zero-order chi connectivity index (χ0) is 24.0. The normalized spacial score (nSPS) is 11.7. The van der Waals surface area contributed by atoms with Gasteiger partial charge in [0.1, 0.15) is 12.3 Å². The van der Waals surface area contributed by atoms with E-state index in [2.05, 4.69) is 33.1 Å². The number of rotatable bonds is 8. The molecule has 1 N–H and O–H groups in total. The highest BCUT2D eigenvalue weighted by Crippen LogP contribution is 2.26. The largest absolute Gasteiger partial charge is 0.497 e. The van der Waals surface area contributed by atoms with Gasteiger partial charge in [-0.15, -0.1) is 0 Å². The molecule has 7 nitrogen and oxygen atoms in total. The summed E-state index contributed by atoms with van der Waals surface area (Å²) in [5.41, 5.74) is 5.20. The maximum absolute atomic E-state index is 13.4. The van der Waals surface area contributed by atoms with Gasteiger partial charge in [-0.1, -0.05) is 29.8 Å². The highest BCUT2D eigenvalue weighted by molar-refractivity contribution is 14.1. The molecular weight excluding hydrogens is 553 g/mol. The number of carbonyl (C=O) groups excluding carboxylic acids is 1. The minimum absolute atomic E-state index is 0.0929. The molecule has 0 radical (unpaired) electrons. The summed E-state index contributed by atoms with van der Waals surface area (Å²) >= 11 is 2.21. The van der Waals surface area contributed by atoms with Gasteiger partial charge in [-0.05, 0) is 90.5 Å². The van der Waals surface area contributed by atoms with Crippen molar-refractivity contribution in [2.75, 3.05) is 18.0 Å². The molecule has 0 fully saturated rings. The number of hydrogen-bond acceptors (Lipinski definition) is 5. The molecule has 3 aromatic carbocycles. The van der Waals surface area contributed by atoms with Crippen molar-refractivity contribution >= 4 is 49.9 Å². The van der Waals surface area contributed by atoms with Crippen molar-refractivity contribution in [1.82, 2.24) is 5.43 Å². The number of hydrogen-bond donors (Lipinski definition) is 1. The number of nitrogens with zero attached hydrogens (tertiary/aromatic N) is 2. The lowest BCUT2D eigenvalue weighted by atomic mass is 10.1. The molecular formula is C24H24IN3O4S. The van der Waals surface area contributed by atoms with Crippen LogP contribution in [0.15, 0.2) is 82.8 Å². The molecule has 0 heterocycles. The van der Waals surface area contributed by atoms with E-state index in [9.17, 15) is 13.2 Å². The third kappa shape index (κ3) is 6.32. The fourth-order valence-electron chi connectivity index (χ4n) is 2.97. The van der Waals surface area contributed by atoms with Gasteiger partial charge in [-0.2, -0.15) is 5.10 Å². The van der Waals surface area contributed by atoms with Crippen LogP contribution in [0.2, 0.25) is 0 Å². The Morgan fingerprint density at radius 2 is 1.61 bits per heavy atom. The number of methoxy groups -OCH3 is 1. The number of anilines is 1. The molecule has 3 aromatic rings. The molecule has 0 unspecified atom stereocenters. The lowest BCUT2D eigenvalue weighted by Crippen LogP contribution is -2.39. The number of halogens is 1. The van der Waals surface area contributed by atoms with Crippen LogP contribution in [-0.2, 0) is 14.8 Å². The summed E-state index contributed by atoms with van der Waals surface area (Å²) < 4.78 is 34.1. The highest BCUT2D eigenvalue weighted by atomic mass is 127. The maximum Gasteiger partial charge on any atom is 0.264 e. The predicted octanol–water partition coefficient (Wildman–Crippen LogP) is 4.34. The highest BCUT2D eigenvalue weighted by Gasteiger charge is 2.27. The summed E-state index contributed by atoms with van der Waals surface area (Å²) in [6, 6.07) is 20.6. The quantitative estimate of drug-likeness (QED) is 0.245. The van der Waals surface area contributed by atoms with Crippen molar-refractivity contribution in [2.24, 2.45) is 5.10 Å². The van der Waals surface area contributed by atoms with Crippen LogP contribution >= 0.6 is 22.6 Å². The third-order valence-corrected chi connectivity index (χ3v) is 7.37. The Kier molecular flexibility index (Phi) is 8.09. The molecule has 0 aliphatic carbocycles. The lowest BCUT2D eigenvalue weighted by molar-refractivity contribution is -0.119. The summed E-state index contributed by atoms with van der Waals surface area (Å²) in [7, 11) is -2.47. The van der Waals surface area contributed by atoms with Gasteiger partial charge in [-0.3, -0.25) is 9.10 Å². The molecule has 0 aromatic heterocycles. The Morgan fingerprint density at radius 3 is 2.18 bits per heavy atom. The van der Waals surface area contributed by atoms with E-state index in [-0.39, 0.29) is 4.90 Å². The van der Waals surface area contributed by atoms with Gasteiger partial charge in [0.2, 0.25) is 0 Å². The fraction of sp³-hybridized carbons (Fsp3) is 0.167. The Labute approximate surface area is 207 Å². The van der Waals surface area contributed by atoms with Crippen molar-refractivity contribution in [3.63, 3.8) is 0 Å². The number of hydrazone groups is 1. The second-order valence-electron chi connectivity index (χ2n) is 7.26. The summed E-state index contributed by atoms with van der Waals surface area (Å²) in [4.78, 5) is 12.8. The van der Waals surface area contributed by atoms with Crippen molar-refractivity contribution in [2.45, 2.75) is 18.7 Å². The zero-order valence-corrected chi connectivity index (χ0v) is 21.4. The van der Waals surface area contributed by atoms with Crippen LogP contribution in [-0.4, -0.2) is 33.7 Å². The predicted molar refractivity (Wildman–Crippen MR) is 138 cm³/mol. The van der Waals surface area contributed by atoms with Gasteiger partial charge < -0.3 is 4.74 Å². The van der Waals surface area contributed by atoms with E-state index >= 15 is 0 Å². The summed E-state index contributed by atoms with van der Waals surface area (Å²) in [5, 5.41) is 4.14. The SMILES string of the molecule is COc1ccc(N(CC(=O)N/N=C(/C)c2ccc(I)cc2)S(=O)(=O)c2ccc(C)cc2)cc1. The first-order chi connectivity index (χ1) is 15.7. The molecule has 0 saturated carbocycles. The number of nitrogens with one attached hydrogen (secondary N) is 1. The van der Waals surface area contributed by atoms with E-state index < -0.39 is 22.5 Å². The molecule has 0 bridgehead atoms. The Hall–Kier alpha value is -2.92. The van der Waals surface area contributed by atoms with E-state index in [1.54, 1.807) is 43.3 Å². The number of ether oxygens (including phenoxy) is 1. The average molecular weight is 577 g/mol. The van der Waals surface area contributed by atoms with E-state index in [1.165, 1.54) is 19.2 Å². The minimum Gasteiger partial charge on any atom is -0.497 e. The molecule has 0 aliphatic heterocycles. The van der Waals surface area contributed by atoms with Crippen LogP contribution in [0.5, 0.6) is 5.75 Å². The van der Waals surface area contributed by atoms with E-state index in [4.69, 9.17) is 4.74 Å². The first-order valence-electron chi connectivity index (χ1n) is 10.0. The van der Waals surface area contributed by atoms with Crippen molar-refractivity contribution < 1.29 is 17.9 Å². The Balaban J connectivity index is 1.87. The lowest BCUT2D eigenvalue weighted by Gasteiger charge is -2.24. The first kappa shape index (κ1) is 24.7. The van der Waals surface area contributed by atoms with Gasteiger partial charge in [-0.25, -0.2) is 13.8 Å². The van der Waals surface area contributed by atoms with Gasteiger partial charge >= 0.3 is 0 Å². The first-order valence-corrected chi connectivity index (χ1v) is 12.5. The van der Waals surface area contributed by atoms with E-state index in [0.717, 1.165) is 19.0 Å². The molecule has 1 amide bonds.